The van der Waals surface area contributed by atoms with E-state index in [0.29, 0.717) is 12.1 Å². The lowest BCUT2D eigenvalue weighted by Gasteiger charge is -2.21. The van der Waals surface area contributed by atoms with Crippen LogP contribution < -0.4 is 10.2 Å². The number of aliphatic hydroxyl groups excluding tert-OH is 1. The molecule has 0 bridgehead atoms. The first-order chi connectivity index (χ1) is 11.1. The van der Waals surface area contributed by atoms with Crippen LogP contribution in [0.3, 0.4) is 0 Å². The van der Waals surface area contributed by atoms with Crippen LogP contribution in [0.2, 0.25) is 0 Å². The van der Waals surface area contributed by atoms with Gasteiger partial charge in [0.25, 0.3) is 0 Å². The third kappa shape index (κ3) is 4.66. The number of carbonyl (C=O) groups excluding carboxylic acids is 2. The van der Waals surface area contributed by atoms with E-state index in [1.807, 2.05) is 30.3 Å². The Labute approximate surface area is 135 Å². The maximum Gasteiger partial charge on any atom is 0.228 e. The van der Waals surface area contributed by atoms with Gasteiger partial charge in [-0.2, -0.15) is 0 Å². The van der Waals surface area contributed by atoms with Crippen LogP contribution in [0.4, 0.5) is 17.1 Å². The number of nitrogens with one attached hydrogen (secondary N) is 1. The molecule has 0 aliphatic carbocycles. The fourth-order valence-corrected chi connectivity index (χ4v) is 2.25. The molecular formula is C18H20N2O3. The largest absolute Gasteiger partial charge is 0.396 e. The van der Waals surface area contributed by atoms with Gasteiger partial charge >= 0.3 is 0 Å². The summed E-state index contributed by atoms with van der Waals surface area (Å²) in [7, 11) is 0. The van der Waals surface area contributed by atoms with Crippen molar-refractivity contribution in [3.05, 3.63) is 54.6 Å². The molecule has 2 aromatic carbocycles. The fraction of sp³-hybridized carbons (Fsp3) is 0.222. The van der Waals surface area contributed by atoms with E-state index in [2.05, 4.69) is 5.32 Å². The first kappa shape index (κ1) is 16.7. The lowest BCUT2D eigenvalue weighted by atomic mass is 10.2. The van der Waals surface area contributed by atoms with Gasteiger partial charge in [0.2, 0.25) is 11.8 Å². The molecule has 5 heteroatoms. The second-order valence-corrected chi connectivity index (χ2v) is 5.11. The lowest BCUT2D eigenvalue weighted by Crippen LogP contribution is -2.22. The Balaban J connectivity index is 2.14. The lowest BCUT2D eigenvalue weighted by molar-refractivity contribution is -0.117. The van der Waals surface area contributed by atoms with Crippen LogP contribution in [0, 0.1) is 0 Å². The Hall–Kier alpha value is -2.66. The molecule has 0 saturated heterocycles. The summed E-state index contributed by atoms with van der Waals surface area (Å²) in [6.45, 7) is 1.51. The van der Waals surface area contributed by atoms with Gasteiger partial charge in [0.1, 0.15) is 0 Å². The van der Waals surface area contributed by atoms with E-state index in [4.69, 9.17) is 5.11 Å². The predicted octanol–water partition coefficient (Wildman–Crippen LogP) is 3.08. The molecule has 0 saturated carbocycles. The van der Waals surface area contributed by atoms with Gasteiger partial charge in [-0.25, -0.2) is 0 Å². The zero-order valence-corrected chi connectivity index (χ0v) is 13.0. The Kier molecular flexibility index (Phi) is 5.88. The van der Waals surface area contributed by atoms with Crippen molar-refractivity contribution in [2.24, 2.45) is 0 Å². The van der Waals surface area contributed by atoms with E-state index in [-0.39, 0.29) is 24.8 Å². The molecule has 2 N–H and O–H groups in total. The number of nitrogens with zero attached hydrogens (tertiary/aromatic N) is 1. The maximum absolute atomic E-state index is 12.0. The van der Waals surface area contributed by atoms with Crippen LogP contribution >= 0.6 is 0 Å². The van der Waals surface area contributed by atoms with Crippen molar-refractivity contribution in [3.63, 3.8) is 0 Å². The molecule has 0 spiro atoms. The predicted molar refractivity (Wildman–Crippen MR) is 90.7 cm³/mol. The first-order valence-corrected chi connectivity index (χ1v) is 7.48. The van der Waals surface area contributed by atoms with Gasteiger partial charge in [-0.1, -0.05) is 18.2 Å². The molecular weight excluding hydrogens is 292 g/mol. The van der Waals surface area contributed by atoms with Gasteiger partial charge in [-0.3, -0.25) is 14.5 Å². The number of benzene rings is 2. The highest BCUT2D eigenvalue weighted by atomic mass is 16.3. The van der Waals surface area contributed by atoms with Gasteiger partial charge in [0.05, 0.1) is 0 Å². The molecule has 0 aliphatic rings. The summed E-state index contributed by atoms with van der Waals surface area (Å²) in [5.74, 6) is -0.228. The molecule has 0 unspecified atom stereocenters. The highest BCUT2D eigenvalue weighted by Crippen LogP contribution is 2.26. The molecule has 2 rings (SSSR count). The second-order valence-electron chi connectivity index (χ2n) is 5.11. The summed E-state index contributed by atoms with van der Waals surface area (Å²) in [6, 6.07) is 16.5. The van der Waals surface area contributed by atoms with Crippen molar-refractivity contribution in [1.82, 2.24) is 0 Å². The number of anilines is 3. The van der Waals surface area contributed by atoms with E-state index in [1.54, 1.807) is 29.2 Å². The first-order valence-electron chi connectivity index (χ1n) is 7.48. The Morgan fingerprint density at radius 1 is 1.00 bits per heavy atom. The van der Waals surface area contributed by atoms with E-state index >= 15 is 0 Å². The third-order valence-corrected chi connectivity index (χ3v) is 3.30. The fourth-order valence-electron chi connectivity index (χ4n) is 2.25. The zero-order chi connectivity index (χ0) is 16.7. The quantitative estimate of drug-likeness (QED) is 0.861. The van der Waals surface area contributed by atoms with E-state index in [9.17, 15) is 9.59 Å². The number of aliphatic hydroxyl groups is 1. The monoisotopic (exact) mass is 312 g/mol. The highest BCUT2D eigenvalue weighted by molar-refractivity contribution is 5.99. The number of hydrogen-bond donors (Lipinski definition) is 2. The molecule has 0 aliphatic heterocycles. The summed E-state index contributed by atoms with van der Waals surface area (Å²) in [5.41, 5.74) is 2.19. The van der Waals surface area contributed by atoms with Crippen molar-refractivity contribution >= 4 is 28.9 Å². The average molecular weight is 312 g/mol. The summed E-state index contributed by atoms with van der Waals surface area (Å²) in [4.78, 5) is 25.2. The molecule has 0 aromatic heterocycles. The summed E-state index contributed by atoms with van der Waals surface area (Å²) in [6.07, 6.45) is 0.720. The van der Waals surface area contributed by atoms with Gasteiger partial charge in [0, 0.05) is 37.0 Å². The van der Waals surface area contributed by atoms with Crippen LogP contribution in [0.5, 0.6) is 0 Å². The molecule has 2 aromatic rings. The van der Waals surface area contributed by atoms with E-state index < -0.39 is 0 Å². The number of rotatable bonds is 6. The van der Waals surface area contributed by atoms with Gasteiger partial charge in [-0.05, 0) is 42.8 Å². The molecule has 0 fully saturated rings. The standard InChI is InChI=1S/C18H20N2O3/c1-14(22)20(16-6-3-2-4-7-16)17-11-9-15(10-12-17)19-18(23)8-5-13-21/h2-4,6-7,9-12,21H,5,8,13H2,1H3,(H,19,23). The van der Waals surface area contributed by atoms with E-state index in [0.717, 1.165) is 11.4 Å². The minimum absolute atomic E-state index is 0.00297. The van der Waals surface area contributed by atoms with Crippen molar-refractivity contribution in [2.75, 3.05) is 16.8 Å². The smallest absolute Gasteiger partial charge is 0.228 e. The van der Waals surface area contributed by atoms with Crippen LogP contribution in [0.15, 0.2) is 54.6 Å². The summed E-state index contributed by atoms with van der Waals surface area (Å²) in [5, 5.41) is 11.5. The molecule has 23 heavy (non-hydrogen) atoms. The van der Waals surface area contributed by atoms with Crippen LogP contribution in [-0.4, -0.2) is 23.5 Å². The van der Waals surface area contributed by atoms with Gasteiger partial charge in [0.15, 0.2) is 0 Å². The number of amides is 2. The van der Waals surface area contributed by atoms with Crippen molar-refractivity contribution in [3.8, 4) is 0 Å². The highest BCUT2D eigenvalue weighted by Gasteiger charge is 2.13. The average Bonchev–Trinajstić information content (AvgIpc) is 2.55. The minimum Gasteiger partial charge on any atom is -0.396 e. The Morgan fingerprint density at radius 3 is 2.17 bits per heavy atom. The van der Waals surface area contributed by atoms with Crippen LogP contribution in [-0.2, 0) is 9.59 Å². The molecule has 0 radical (unpaired) electrons. The van der Waals surface area contributed by atoms with Gasteiger partial charge < -0.3 is 10.4 Å². The zero-order valence-electron chi connectivity index (χ0n) is 13.0. The SMILES string of the molecule is CC(=O)N(c1ccccc1)c1ccc(NC(=O)CCCO)cc1. The molecule has 5 nitrogen and oxygen atoms in total. The number of carbonyl (C=O) groups is 2. The molecule has 120 valence electrons. The van der Waals surface area contributed by atoms with E-state index in [1.165, 1.54) is 6.92 Å². The number of hydrogen-bond acceptors (Lipinski definition) is 3. The maximum atomic E-state index is 12.0. The molecule has 2 amide bonds. The van der Waals surface area contributed by atoms with Gasteiger partial charge in [-0.15, -0.1) is 0 Å². The third-order valence-electron chi connectivity index (χ3n) is 3.30. The molecule has 0 atom stereocenters. The Morgan fingerprint density at radius 2 is 1.61 bits per heavy atom. The summed E-state index contributed by atoms with van der Waals surface area (Å²) >= 11 is 0. The minimum atomic E-state index is -0.140. The van der Waals surface area contributed by atoms with Crippen molar-refractivity contribution in [1.29, 1.82) is 0 Å². The van der Waals surface area contributed by atoms with Crippen molar-refractivity contribution < 1.29 is 14.7 Å². The van der Waals surface area contributed by atoms with Crippen LogP contribution in [0.25, 0.3) is 0 Å². The number of para-hydroxylation sites is 1. The Bertz CT molecular complexity index is 654. The van der Waals surface area contributed by atoms with Crippen LogP contribution in [0.1, 0.15) is 19.8 Å². The topological polar surface area (TPSA) is 69.6 Å². The summed E-state index contributed by atoms with van der Waals surface area (Å²) < 4.78 is 0. The van der Waals surface area contributed by atoms with Crippen molar-refractivity contribution in [2.45, 2.75) is 19.8 Å². The molecule has 0 heterocycles. The normalized spacial score (nSPS) is 10.2. The second kappa shape index (κ2) is 8.10.